The topological polar surface area (TPSA) is 9.23 Å². The van der Waals surface area contributed by atoms with Crippen LogP contribution < -0.4 is 0 Å². The van der Waals surface area contributed by atoms with Gasteiger partial charge in [0.1, 0.15) is 0 Å². The molecule has 0 spiro atoms. The van der Waals surface area contributed by atoms with E-state index in [9.17, 15) is 8.78 Å². The van der Waals surface area contributed by atoms with Crippen LogP contribution >= 0.6 is 0 Å². The molecule has 1 radical (unpaired) electrons. The van der Waals surface area contributed by atoms with Gasteiger partial charge < -0.3 is 4.74 Å². The van der Waals surface area contributed by atoms with Crippen LogP contribution in [-0.4, -0.2) is 13.2 Å². The average molecular weight is 151 g/mol. The van der Waals surface area contributed by atoms with Crippen molar-refractivity contribution in [2.45, 2.75) is 27.4 Å². The molecule has 0 aliphatic rings. The molecule has 0 aromatic heterocycles. The largest absolute Gasteiger partial charge is 0.345 e. The summed E-state index contributed by atoms with van der Waals surface area (Å²) in [4.78, 5) is 0. The quantitative estimate of drug-likeness (QED) is 0.599. The Morgan fingerprint density at radius 1 is 1.40 bits per heavy atom. The van der Waals surface area contributed by atoms with Crippen molar-refractivity contribution in [3.8, 4) is 0 Å². The van der Waals surface area contributed by atoms with E-state index in [1.54, 1.807) is 0 Å². The van der Waals surface area contributed by atoms with Gasteiger partial charge in [-0.15, -0.1) is 0 Å². The lowest BCUT2D eigenvalue weighted by molar-refractivity contribution is -0.126. The van der Waals surface area contributed by atoms with Gasteiger partial charge in [0, 0.05) is 5.92 Å². The highest BCUT2D eigenvalue weighted by molar-refractivity contribution is 4.86. The summed E-state index contributed by atoms with van der Waals surface area (Å²) in [5.41, 5.74) is 0. The molecular weight excluding hydrogens is 138 g/mol. The Balaban J connectivity index is 3.30. The fraction of sp³-hybridized carbons (Fsp3) is 0.857. The fourth-order valence-electron chi connectivity index (χ4n) is 0.361. The fourth-order valence-corrected chi connectivity index (χ4v) is 0.361. The maximum Gasteiger partial charge on any atom is 0.345 e. The lowest BCUT2D eigenvalue weighted by Crippen LogP contribution is -2.12. The lowest BCUT2D eigenvalue weighted by Gasteiger charge is -2.13. The van der Waals surface area contributed by atoms with Crippen LogP contribution in [0.4, 0.5) is 8.78 Å². The molecule has 0 N–H and O–H groups in total. The number of alkyl halides is 2. The van der Waals surface area contributed by atoms with Crippen LogP contribution in [0.2, 0.25) is 0 Å². The van der Waals surface area contributed by atoms with E-state index in [1.807, 2.05) is 20.8 Å². The Bertz CT molecular complexity index is 83.7. The van der Waals surface area contributed by atoms with Crippen molar-refractivity contribution in [2.75, 3.05) is 6.61 Å². The first-order chi connectivity index (χ1) is 4.54. The molecule has 0 bridgehead atoms. The van der Waals surface area contributed by atoms with Crippen molar-refractivity contribution in [3.05, 3.63) is 5.92 Å². The van der Waals surface area contributed by atoms with Gasteiger partial charge in [-0.25, -0.2) is 0 Å². The van der Waals surface area contributed by atoms with Gasteiger partial charge in [0.2, 0.25) is 0 Å². The molecule has 0 aliphatic carbocycles. The zero-order chi connectivity index (χ0) is 8.15. The number of halogens is 2. The summed E-state index contributed by atoms with van der Waals surface area (Å²) in [6.45, 7) is 3.13. The molecule has 3 heteroatoms. The second-order valence-corrected chi connectivity index (χ2v) is 2.57. The molecule has 10 heavy (non-hydrogen) atoms. The first kappa shape index (κ1) is 9.82. The molecule has 0 heterocycles. The molecule has 0 amide bonds. The van der Waals surface area contributed by atoms with Gasteiger partial charge >= 0.3 is 6.61 Å². The highest BCUT2D eigenvalue weighted by atomic mass is 19.3. The molecule has 0 saturated heterocycles. The third kappa shape index (κ3) is 4.68. The Morgan fingerprint density at radius 3 is 2.20 bits per heavy atom. The molecule has 0 saturated carbocycles. The summed E-state index contributed by atoms with van der Waals surface area (Å²) in [7, 11) is 0. The zero-order valence-corrected chi connectivity index (χ0v) is 6.53. The van der Waals surface area contributed by atoms with Gasteiger partial charge in [-0.3, -0.25) is 0 Å². The molecule has 0 aromatic carbocycles. The van der Waals surface area contributed by atoms with E-state index in [4.69, 9.17) is 0 Å². The molecule has 61 valence electrons. The number of hydrogen-bond acceptors (Lipinski definition) is 1. The first-order valence-electron chi connectivity index (χ1n) is 3.26. The maximum absolute atomic E-state index is 11.4. The highest BCUT2D eigenvalue weighted by Gasteiger charge is 2.10. The Hall–Kier alpha value is -0.180. The Morgan fingerprint density at radius 2 is 1.90 bits per heavy atom. The van der Waals surface area contributed by atoms with E-state index in [0.717, 1.165) is 5.92 Å². The Kier molecular flexibility index (Phi) is 4.52. The van der Waals surface area contributed by atoms with E-state index in [0.29, 0.717) is 5.92 Å². The van der Waals surface area contributed by atoms with E-state index in [-0.39, 0.29) is 6.61 Å². The number of ether oxygens (including phenoxy) is 1. The minimum absolute atomic E-state index is 0.0648. The molecule has 0 atom stereocenters. The minimum atomic E-state index is -2.64. The van der Waals surface area contributed by atoms with E-state index < -0.39 is 6.61 Å². The standard InChI is InChI=1S/C7H13F2O/c1-5(2)6(3)4-10-7(8)9/h5,7H,4H2,1-3H3. The number of rotatable bonds is 4. The van der Waals surface area contributed by atoms with Gasteiger partial charge in [0.15, 0.2) is 0 Å². The molecule has 0 aromatic rings. The second kappa shape index (κ2) is 4.61. The summed E-state index contributed by atoms with van der Waals surface area (Å²) in [5.74, 6) is 1.26. The van der Waals surface area contributed by atoms with Crippen molar-refractivity contribution in [2.24, 2.45) is 5.92 Å². The first-order valence-corrected chi connectivity index (χ1v) is 3.26. The van der Waals surface area contributed by atoms with Crippen LogP contribution in [0.3, 0.4) is 0 Å². The second-order valence-electron chi connectivity index (χ2n) is 2.57. The van der Waals surface area contributed by atoms with Crippen LogP contribution in [0.15, 0.2) is 0 Å². The van der Waals surface area contributed by atoms with Crippen molar-refractivity contribution in [1.29, 1.82) is 0 Å². The number of hydrogen-bond donors (Lipinski definition) is 0. The molecule has 0 fully saturated rings. The predicted molar refractivity (Wildman–Crippen MR) is 35.7 cm³/mol. The molecule has 1 nitrogen and oxygen atoms in total. The maximum atomic E-state index is 11.4. The van der Waals surface area contributed by atoms with Crippen LogP contribution in [0, 0.1) is 11.8 Å². The van der Waals surface area contributed by atoms with E-state index >= 15 is 0 Å². The van der Waals surface area contributed by atoms with Crippen molar-refractivity contribution in [3.63, 3.8) is 0 Å². The van der Waals surface area contributed by atoms with Gasteiger partial charge in [-0.05, 0) is 5.92 Å². The van der Waals surface area contributed by atoms with Crippen LogP contribution in [0.5, 0.6) is 0 Å². The van der Waals surface area contributed by atoms with Gasteiger partial charge in [-0.2, -0.15) is 8.78 Å². The highest BCUT2D eigenvalue weighted by Crippen LogP contribution is 2.13. The third-order valence-electron chi connectivity index (χ3n) is 1.42. The molecule has 0 aliphatic heterocycles. The molecule has 0 rings (SSSR count). The Labute approximate surface area is 60.4 Å². The summed E-state index contributed by atoms with van der Waals surface area (Å²) in [5, 5.41) is 0. The smallest absolute Gasteiger partial charge is 0.322 e. The molecular formula is C7H13F2O. The van der Waals surface area contributed by atoms with E-state index in [2.05, 4.69) is 4.74 Å². The van der Waals surface area contributed by atoms with Crippen LogP contribution in [0.25, 0.3) is 0 Å². The van der Waals surface area contributed by atoms with Crippen LogP contribution in [0.1, 0.15) is 20.8 Å². The SMILES string of the molecule is C[C](COC(F)F)C(C)C. The zero-order valence-electron chi connectivity index (χ0n) is 6.53. The minimum Gasteiger partial charge on any atom is -0.322 e. The summed E-state index contributed by atoms with van der Waals surface area (Å²) in [6, 6.07) is 0. The lowest BCUT2D eigenvalue weighted by atomic mass is 10.00. The molecule has 0 unspecified atom stereocenters. The summed E-state index contributed by atoms with van der Waals surface area (Å²) in [6.07, 6.45) is 0. The summed E-state index contributed by atoms with van der Waals surface area (Å²) < 4.78 is 26.9. The van der Waals surface area contributed by atoms with Gasteiger partial charge in [-0.1, -0.05) is 20.8 Å². The van der Waals surface area contributed by atoms with Gasteiger partial charge in [0.25, 0.3) is 0 Å². The van der Waals surface area contributed by atoms with Crippen molar-refractivity contribution < 1.29 is 13.5 Å². The normalized spacial score (nSPS) is 12.0. The average Bonchev–Trinajstić information content (AvgIpc) is 1.82. The van der Waals surface area contributed by atoms with Gasteiger partial charge in [0.05, 0.1) is 6.61 Å². The van der Waals surface area contributed by atoms with Crippen molar-refractivity contribution >= 4 is 0 Å². The third-order valence-corrected chi connectivity index (χ3v) is 1.42. The van der Waals surface area contributed by atoms with Crippen molar-refractivity contribution in [1.82, 2.24) is 0 Å². The van der Waals surface area contributed by atoms with E-state index in [1.165, 1.54) is 0 Å². The van der Waals surface area contributed by atoms with Crippen LogP contribution in [-0.2, 0) is 4.74 Å². The monoisotopic (exact) mass is 151 g/mol. The predicted octanol–water partition coefficient (Wildman–Crippen LogP) is 2.48. The summed E-state index contributed by atoms with van der Waals surface area (Å²) >= 11 is 0.